The highest BCUT2D eigenvalue weighted by Crippen LogP contribution is 2.36. The van der Waals surface area contributed by atoms with E-state index in [1.807, 2.05) is 22.9 Å². The molecule has 0 saturated carbocycles. The number of anilines is 1. The minimum absolute atomic E-state index is 0.0927. The molecule has 3 aromatic rings. The van der Waals surface area contributed by atoms with Gasteiger partial charge in [-0.15, -0.1) is 5.10 Å². The highest BCUT2D eigenvalue weighted by Gasteiger charge is 2.36. The number of hydrogen-bond donors (Lipinski definition) is 1. The first kappa shape index (κ1) is 24.3. The largest absolute Gasteiger partial charge is 0.373 e. The summed E-state index contributed by atoms with van der Waals surface area (Å²) in [5, 5.41) is 17.8. The maximum atomic E-state index is 6.39. The van der Waals surface area contributed by atoms with Crippen molar-refractivity contribution in [2.75, 3.05) is 5.32 Å². The van der Waals surface area contributed by atoms with Crippen LogP contribution in [-0.4, -0.2) is 20.2 Å². The summed E-state index contributed by atoms with van der Waals surface area (Å²) in [5.74, 6) is 0.785. The van der Waals surface area contributed by atoms with Crippen LogP contribution in [0.3, 0.4) is 0 Å². The fourth-order valence-electron chi connectivity index (χ4n) is 3.57. The maximum absolute atomic E-state index is 6.39. The zero-order valence-electron chi connectivity index (χ0n) is 19.5. The van der Waals surface area contributed by atoms with Crippen LogP contribution in [0.15, 0.2) is 48.5 Å². The first-order chi connectivity index (χ1) is 15.0. The molecule has 1 N–H and O–H groups in total. The Balaban J connectivity index is 2.00. The molecule has 5 nitrogen and oxygen atoms in total. The van der Waals surface area contributed by atoms with Crippen molar-refractivity contribution in [1.29, 1.82) is 0 Å². The molecular weight excluding hydrogens is 441 g/mol. The Morgan fingerprint density at radius 2 is 1.75 bits per heavy atom. The van der Waals surface area contributed by atoms with E-state index in [9.17, 15) is 0 Å². The van der Waals surface area contributed by atoms with Crippen LogP contribution in [0.5, 0.6) is 0 Å². The Kier molecular flexibility index (Phi) is 7.31. The lowest BCUT2D eigenvalue weighted by Crippen LogP contribution is -2.37. The Hall–Kier alpha value is -2.37. The molecule has 2 aromatic carbocycles. The predicted octanol–water partition coefficient (Wildman–Crippen LogP) is 7.33. The summed E-state index contributed by atoms with van der Waals surface area (Å²) in [6, 6.07) is 13.8. The van der Waals surface area contributed by atoms with Crippen molar-refractivity contribution in [2.24, 2.45) is 5.41 Å². The van der Waals surface area contributed by atoms with E-state index in [4.69, 9.17) is 23.2 Å². The van der Waals surface area contributed by atoms with Crippen LogP contribution in [0.25, 0.3) is 6.08 Å². The number of tetrazole rings is 1. The lowest BCUT2D eigenvalue weighted by Gasteiger charge is -2.34. The first-order valence-corrected chi connectivity index (χ1v) is 11.6. The SMILES string of the molecule is CC[C@](C)(Nc1ccc(C)cc1)c1nnnn1[C@H](/C=C/c1ccc(Cl)cc1Cl)C(C)(C)C. The number of allylic oxidation sites excluding steroid dienone is 1. The van der Waals surface area contributed by atoms with Gasteiger partial charge in [0.1, 0.15) is 0 Å². The smallest absolute Gasteiger partial charge is 0.177 e. The second kappa shape index (κ2) is 9.63. The van der Waals surface area contributed by atoms with Gasteiger partial charge in [-0.1, -0.05) is 86.8 Å². The van der Waals surface area contributed by atoms with Gasteiger partial charge in [0.15, 0.2) is 5.82 Å². The topological polar surface area (TPSA) is 55.6 Å². The summed E-state index contributed by atoms with van der Waals surface area (Å²) in [7, 11) is 0. The quantitative estimate of drug-likeness (QED) is 0.391. The molecule has 1 aromatic heterocycles. The number of halogens is 2. The number of aromatic nitrogens is 4. The van der Waals surface area contributed by atoms with E-state index in [1.165, 1.54) is 5.56 Å². The monoisotopic (exact) mass is 471 g/mol. The van der Waals surface area contributed by atoms with E-state index in [1.54, 1.807) is 6.07 Å². The van der Waals surface area contributed by atoms with Gasteiger partial charge in [0.2, 0.25) is 0 Å². The molecular formula is C25H31Cl2N5. The van der Waals surface area contributed by atoms with Crippen molar-refractivity contribution < 1.29 is 0 Å². The Morgan fingerprint density at radius 3 is 2.34 bits per heavy atom. The van der Waals surface area contributed by atoms with Crippen molar-refractivity contribution in [2.45, 2.75) is 59.5 Å². The van der Waals surface area contributed by atoms with Gasteiger partial charge in [-0.2, -0.15) is 0 Å². The van der Waals surface area contributed by atoms with Crippen molar-refractivity contribution in [3.63, 3.8) is 0 Å². The molecule has 0 saturated heterocycles. The molecule has 170 valence electrons. The number of nitrogens with zero attached hydrogens (tertiary/aromatic N) is 4. The number of aryl methyl sites for hydroxylation is 1. The van der Waals surface area contributed by atoms with E-state index in [0.29, 0.717) is 10.0 Å². The van der Waals surface area contributed by atoms with Gasteiger partial charge < -0.3 is 5.32 Å². The normalized spacial score (nSPS) is 15.0. The Bertz CT molecular complexity index is 1080. The van der Waals surface area contributed by atoms with E-state index < -0.39 is 5.54 Å². The van der Waals surface area contributed by atoms with Gasteiger partial charge in [0, 0.05) is 15.7 Å². The number of benzene rings is 2. The number of rotatable bonds is 7. The summed E-state index contributed by atoms with van der Waals surface area (Å²) in [4.78, 5) is 0. The Labute approximate surface area is 200 Å². The van der Waals surface area contributed by atoms with Gasteiger partial charge in [-0.25, -0.2) is 4.68 Å². The second-order valence-corrected chi connectivity index (χ2v) is 10.3. The Morgan fingerprint density at radius 1 is 1.06 bits per heavy atom. The average molecular weight is 472 g/mol. The van der Waals surface area contributed by atoms with Crippen LogP contribution in [-0.2, 0) is 5.54 Å². The van der Waals surface area contributed by atoms with Gasteiger partial charge >= 0.3 is 0 Å². The first-order valence-electron chi connectivity index (χ1n) is 10.8. The van der Waals surface area contributed by atoms with Gasteiger partial charge in [-0.3, -0.25) is 0 Å². The zero-order chi connectivity index (χ0) is 23.5. The highest BCUT2D eigenvalue weighted by molar-refractivity contribution is 6.35. The van der Waals surface area contributed by atoms with Crippen LogP contribution in [0.2, 0.25) is 10.0 Å². The fourth-order valence-corrected chi connectivity index (χ4v) is 4.04. The zero-order valence-corrected chi connectivity index (χ0v) is 21.0. The van der Waals surface area contributed by atoms with E-state index in [-0.39, 0.29) is 11.5 Å². The molecule has 0 aliphatic carbocycles. The minimum Gasteiger partial charge on any atom is -0.373 e. The molecule has 0 bridgehead atoms. The lowest BCUT2D eigenvalue weighted by molar-refractivity contribution is 0.255. The van der Waals surface area contributed by atoms with Crippen LogP contribution in [0.4, 0.5) is 5.69 Å². The third-order valence-electron chi connectivity index (χ3n) is 5.74. The second-order valence-electron chi connectivity index (χ2n) is 9.46. The summed E-state index contributed by atoms with van der Waals surface area (Å²) in [6.45, 7) is 12.9. The van der Waals surface area contributed by atoms with Crippen LogP contribution in [0.1, 0.15) is 64.0 Å². The van der Waals surface area contributed by atoms with Crippen LogP contribution >= 0.6 is 23.2 Å². The molecule has 0 radical (unpaired) electrons. The van der Waals surface area contributed by atoms with E-state index in [0.717, 1.165) is 23.5 Å². The van der Waals surface area contributed by atoms with Gasteiger partial charge in [0.05, 0.1) is 11.6 Å². The third kappa shape index (κ3) is 5.51. The van der Waals surface area contributed by atoms with Crippen molar-refractivity contribution in [3.8, 4) is 0 Å². The van der Waals surface area contributed by atoms with E-state index >= 15 is 0 Å². The standard InChI is InChI=1S/C25H31Cl2N5/c1-7-25(6,28-20-13-8-17(2)9-14-20)23-29-30-31-32(23)22(24(3,4)5)15-11-18-10-12-19(26)16-21(18)27/h8-16,22,28H,7H2,1-6H3/b15-11+/t22-,25+/m1/s1. The van der Waals surface area contributed by atoms with Crippen molar-refractivity contribution in [3.05, 3.63) is 75.5 Å². The third-order valence-corrected chi connectivity index (χ3v) is 6.30. The average Bonchev–Trinajstić information content (AvgIpc) is 3.20. The lowest BCUT2D eigenvalue weighted by atomic mass is 9.85. The van der Waals surface area contributed by atoms with Crippen LogP contribution in [0, 0.1) is 12.3 Å². The summed E-state index contributed by atoms with van der Waals surface area (Å²) < 4.78 is 1.92. The van der Waals surface area contributed by atoms with E-state index in [2.05, 4.69) is 92.7 Å². The highest BCUT2D eigenvalue weighted by atomic mass is 35.5. The van der Waals surface area contributed by atoms with Crippen LogP contribution < -0.4 is 5.32 Å². The molecule has 1 heterocycles. The minimum atomic E-state index is -0.450. The van der Waals surface area contributed by atoms with Crippen molar-refractivity contribution >= 4 is 35.0 Å². The molecule has 0 aliphatic rings. The summed E-state index contributed by atoms with van der Waals surface area (Å²) >= 11 is 12.4. The molecule has 0 spiro atoms. The molecule has 2 atom stereocenters. The fraction of sp³-hybridized carbons (Fsp3) is 0.400. The molecule has 0 aliphatic heterocycles. The maximum Gasteiger partial charge on any atom is 0.177 e. The van der Waals surface area contributed by atoms with Crippen molar-refractivity contribution in [1.82, 2.24) is 20.2 Å². The summed E-state index contributed by atoms with van der Waals surface area (Å²) in [6.07, 6.45) is 4.93. The molecule has 0 unspecified atom stereocenters. The van der Waals surface area contributed by atoms with Gasteiger partial charge in [0.25, 0.3) is 0 Å². The molecule has 0 fully saturated rings. The number of hydrogen-bond acceptors (Lipinski definition) is 4. The molecule has 3 rings (SSSR count). The molecule has 7 heteroatoms. The van der Waals surface area contributed by atoms with Gasteiger partial charge in [-0.05, 0) is 65.9 Å². The predicted molar refractivity (Wildman–Crippen MR) is 134 cm³/mol. The molecule has 32 heavy (non-hydrogen) atoms. The number of nitrogens with one attached hydrogen (secondary N) is 1. The summed E-state index contributed by atoms with van der Waals surface area (Å²) in [5.41, 5.74) is 2.56. The molecule has 0 amide bonds.